The van der Waals surface area contributed by atoms with E-state index in [-0.39, 0.29) is 5.56 Å². The Bertz CT molecular complexity index is 1400. The summed E-state index contributed by atoms with van der Waals surface area (Å²) in [5, 5.41) is 20.9. The molecule has 4 nitrogen and oxygen atoms in total. The number of nitriles is 2. The van der Waals surface area contributed by atoms with E-state index in [1.54, 1.807) is 53.6 Å². The van der Waals surface area contributed by atoms with Crippen LogP contribution in [0.15, 0.2) is 85.1 Å². The molecule has 0 aromatic heterocycles. The molecule has 35 heavy (non-hydrogen) atoms. The number of carbonyl (C=O) groups excluding carboxylic acids is 1. The highest BCUT2D eigenvalue weighted by Crippen LogP contribution is 2.60. The SMILES string of the molecule is N#CC1(C#N)C(c2ccccc2)C(C(=O)c2cccc(C(F)(F)F)c2)N2C=Cc3ccccc3C21. The zero-order valence-corrected chi connectivity index (χ0v) is 18.3. The Morgan fingerprint density at radius 3 is 2.29 bits per heavy atom. The van der Waals surface area contributed by atoms with Crippen molar-refractivity contribution in [2.45, 2.75) is 24.2 Å². The predicted octanol–water partition coefficient (Wildman–Crippen LogP) is 6.12. The van der Waals surface area contributed by atoms with Crippen molar-refractivity contribution in [2.75, 3.05) is 0 Å². The molecule has 3 aromatic rings. The number of alkyl halides is 3. The Kier molecular flexibility index (Phi) is 5.22. The van der Waals surface area contributed by atoms with Crippen molar-refractivity contribution < 1.29 is 18.0 Å². The number of nitrogens with zero attached hydrogens (tertiary/aromatic N) is 3. The number of ketones is 1. The lowest BCUT2D eigenvalue weighted by Gasteiger charge is -2.34. The maximum atomic E-state index is 13.9. The number of Topliss-reactive ketones (excluding diaryl/α,β-unsaturated/α-hetero) is 1. The van der Waals surface area contributed by atoms with Gasteiger partial charge in [0.1, 0.15) is 6.04 Å². The first-order valence-electron chi connectivity index (χ1n) is 11.0. The van der Waals surface area contributed by atoms with Crippen LogP contribution < -0.4 is 0 Å². The molecule has 3 unspecified atom stereocenters. The molecule has 0 aliphatic carbocycles. The van der Waals surface area contributed by atoms with Crippen LogP contribution in [-0.2, 0) is 6.18 Å². The van der Waals surface area contributed by atoms with Gasteiger partial charge in [-0.2, -0.15) is 23.7 Å². The van der Waals surface area contributed by atoms with Crippen LogP contribution in [0.2, 0.25) is 0 Å². The Morgan fingerprint density at radius 1 is 0.914 bits per heavy atom. The van der Waals surface area contributed by atoms with E-state index in [1.165, 1.54) is 12.1 Å². The van der Waals surface area contributed by atoms with Gasteiger partial charge >= 0.3 is 6.18 Å². The second-order valence-electron chi connectivity index (χ2n) is 8.66. The average molecular weight is 469 g/mol. The molecule has 0 bridgehead atoms. The molecule has 0 N–H and O–H groups in total. The molecule has 5 rings (SSSR count). The van der Waals surface area contributed by atoms with Gasteiger partial charge in [0.25, 0.3) is 0 Å². The maximum Gasteiger partial charge on any atom is 0.416 e. The number of carbonyl (C=O) groups is 1. The third-order valence-electron chi connectivity index (χ3n) is 6.85. The minimum atomic E-state index is -4.61. The van der Waals surface area contributed by atoms with E-state index < -0.39 is 40.9 Å². The van der Waals surface area contributed by atoms with E-state index in [0.717, 1.165) is 23.3 Å². The molecule has 2 aliphatic heterocycles. The van der Waals surface area contributed by atoms with Crippen molar-refractivity contribution in [3.8, 4) is 12.1 Å². The summed E-state index contributed by atoms with van der Waals surface area (Å²) >= 11 is 0. The first kappa shape index (κ1) is 22.4. The number of halogens is 3. The first-order chi connectivity index (χ1) is 16.8. The average Bonchev–Trinajstić information content (AvgIpc) is 3.19. The standard InChI is InChI=1S/C28H18F3N3O/c29-28(30,31)21-11-6-10-20(15-21)25(35)24-23(19-8-2-1-3-9-19)27(16-32,17-33)26-22-12-5-4-7-18(22)13-14-34(24)26/h1-15,23-24,26H. The number of hydrogen-bond donors (Lipinski definition) is 0. The minimum absolute atomic E-state index is 0.122. The normalized spacial score (nSPS) is 22.0. The molecular weight excluding hydrogens is 451 g/mol. The molecule has 3 atom stereocenters. The molecule has 0 saturated carbocycles. The fourth-order valence-corrected chi connectivity index (χ4v) is 5.35. The Morgan fingerprint density at radius 2 is 1.60 bits per heavy atom. The van der Waals surface area contributed by atoms with Gasteiger partial charge in [-0.25, -0.2) is 0 Å². The third kappa shape index (κ3) is 3.40. The van der Waals surface area contributed by atoms with E-state index in [9.17, 15) is 28.5 Å². The molecular formula is C28H18F3N3O. The largest absolute Gasteiger partial charge is 0.416 e. The number of hydrogen-bond acceptors (Lipinski definition) is 4. The molecule has 172 valence electrons. The summed E-state index contributed by atoms with van der Waals surface area (Å²) < 4.78 is 40.2. The highest BCUT2D eigenvalue weighted by atomic mass is 19.4. The van der Waals surface area contributed by atoms with Gasteiger partial charge in [-0.05, 0) is 34.9 Å². The lowest BCUT2D eigenvalue weighted by atomic mass is 9.67. The van der Waals surface area contributed by atoms with Crippen molar-refractivity contribution in [3.05, 3.63) is 113 Å². The van der Waals surface area contributed by atoms with Crippen LogP contribution in [0.3, 0.4) is 0 Å². The lowest BCUT2D eigenvalue weighted by Crippen LogP contribution is -2.37. The summed E-state index contributed by atoms with van der Waals surface area (Å²) in [7, 11) is 0. The fourth-order valence-electron chi connectivity index (χ4n) is 5.35. The third-order valence-corrected chi connectivity index (χ3v) is 6.85. The van der Waals surface area contributed by atoms with Crippen LogP contribution in [0.5, 0.6) is 0 Å². The van der Waals surface area contributed by atoms with Crippen molar-refractivity contribution in [1.82, 2.24) is 4.90 Å². The van der Waals surface area contributed by atoms with Crippen LogP contribution in [0, 0.1) is 28.1 Å². The fraction of sp³-hybridized carbons (Fsp3) is 0.179. The Labute approximate surface area is 200 Å². The van der Waals surface area contributed by atoms with Crippen molar-refractivity contribution in [1.29, 1.82) is 10.5 Å². The summed E-state index contributed by atoms with van der Waals surface area (Å²) in [5.74, 6) is -1.48. The first-order valence-corrected chi connectivity index (χ1v) is 11.0. The van der Waals surface area contributed by atoms with Crippen molar-refractivity contribution >= 4 is 11.9 Å². The monoisotopic (exact) mass is 469 g/mol. The summed E-state index contributed by atoms with van der Waals surface area (Å²) in [6.45, 7) is 0. The van der Waals surface area contributed by atoms with Gasteiger partial charge in [0, 0.05) is 17.7 Å². The summed E-state index contributed by atoms with van der Waals surface area (Å²) in [4.78, 5) is 15.6. The molecule has 7 heteroatoms. The van der Waals surface area contributed by atoms with Gasteiger partial charge in [0.2, 0.25) is 0 Å². The van der Waals surface area contributed by atoms with Gasteiger partial charge in [-0.1, -0.05) is 66.7 Å². The van der Waals surface area contributed by atoms with Gasteiger partial charge in [0.15, 0.2) is 11.2 Å². The summed E-state index contributed by atoms with van der Waals surface area (Å²) in [6.07, 6.45) is -1.14. The molecule has 1 saturated heterocycles. The maximum absolute atomic E-state index is 13.9. The number of fused-ring (bicyclic) bond motifs is 3. The second-order valence-corrected chi connectivity index (χ2v) is 8.66. The predicted molar refractivity (Wildman–Crippen MR) is 122 cm³/mol. The van der Waals surface area contributed by atoms with Crippen LogP contribution >= 0.6 is 0 Å². The summed E-state index contributed by atoms with van der Waals surface area (Å²) in [6, 6.07) is 23.0. The van der Waals surface area contributed by atoms with Gasteiger partial charge in [-0.15, -0.1) is 0 Å². The van der Waals surface area contributed by atoms with Gasteiger partial charge < -0.3 is 4.90 Å². The van der Waals surface area contributed by atoms with Gasteiger partial charge in [-0.3, -0.25) is 4.79 Å². The zero-order valence-electron chi connectivity index (χ0n) is 18.3. The van der Waals surface area contributed by atoms with Crippen molar-refractivity contribution in [2.24, 2.45) is 5.41 Å². The zero-order chi connectivity index (χ0) is 24.8. The Balaban J connectivity index is 1.74. The van der Waals surface area contributed by atoms with Crippen LogP contribution in [-0.4, -0.2) is 16.7 Å². The van der Waals surface area contributed by atoms with E-state index in [2.05, 4.69) is 12.1 Å². The molecule has 0 amide bonds. The Hall–Kier alpha value is -4.36. The molecule has 0 radical (unpaired) electrons. The molecule has 3 aromatic carbocycles. The topological polar surface area (TPSA) is 67.9 Å². The number of benzene rings is 3. The van der Waals surface area contributed by atoms with Crippen LogP contribution in [0.25, 0.3) is 6.08 Å². The molecule has 2 heterocycles. The van der Waals surface area contributed by atoms with E-state index in [1.807, 2.05) is 18.2 Å². The highest BCUT2D eigenvalue weighted by Gasteiger charge is 2.63. The lowest BCUT2D eigenvalue weighted by molar-refractivity contribution is -0.137. The summed E-state index contributed by atoms with van der Waals surface area (Å²) in [5.41, 5.74) is -0.573. The van der Waals surface area contributed by atoms with E-state index in [0.29, 0.717) is 5.56 Å². The van der Waals surface area contributed by atoms with Gasteiger partial charge in [0.05, 0.1) is 23.7 Å². The minimum Gasteiger partial charge on any atom is -0.357 e. The molecule has 2 aliphatic rings. The quantitative estimate of drug-likeness (QED) is 0.434. The van der Waals surface area contributed by atoms with Crippen molar-refractivity contribution in [3.63, 3.8) is 0 Å². The van der Waals surface area contributed by atoms with E-state index in [4.69, 9.17) is 0 Å². The van der Waals surface area contributed by atoms with Crippen LogP contribution in [0.1, 0.15) is 44.6 Å². The van der Waals surface area contributed by atoms with E-state index >= 15 is 0 Å². The second kappa shape index (κ2) is 8.14. The molecule has 1 fully saturated rings. The highest BCUT2D eigenvalue weighted by molar-refractivity contribution is 6.02. The van der Waals surface area contributed by atoms with Crippen LogP contribution in [0.4, 0.5) is 13.2 Å². The smallest absolute Gasteiger partial charge is 0.357 e. The molecule has 0 spiro atoms. The number of rotatable bonds is 3.